The number of benzene rings is 6. The van der Waals surface area contributed by atoms with E-state index < -0.39 is 46.4 Å². The number of alkyl halides is 6. The van der Waals surface area contributed by atoms with Gasteiger partial charge >= 0.3 is 12.4 Å². The molecule has 8 nitrogen and oxygen atoms in total. The van der Waals surface area contributed by atoms with Crippen molar-refractivity contribution >= 4 is 23.2 Å². The number of carbonyl (C=O) groups excluding carboxylic acids is 2. The molecule has 6 rings (SSSR count). The van der Waals surface area contributed by atoms with E-state index in [4.69, 9.17) is 20.9 Å². The molecule has 0 aromatic heterocycles. The number of amides is 2. The molecule has 4 N–H and O–H groups in total. The molecule has 0 radical (unpaired) electrons. The van der Waals surface area contributed by atoms with Gasteiger partial charge in [-0.25, -0.2) is 0 Å². The summed E-state index contributed by atoms with van der Waals surface area (Å²) in [6.45, 7) is 5.76. The number of halogens is 6. The van der Waals surface area contributed by atoms with E-state index >= 15 is 9.59 Å². The van der Waals surface area contributed by atoms with Crippen LogP contribution in [0.2, 0.25) is 0 Å². The number of nitrogens with two attached hydrogens (primary N) is 2. The molecule has 340 valence electrons. The lowest BCUT2D eigenvalue weighted by atomic mass is 9.67. The summed E-state index contributed by atoms with van der Waals surface area (Å²) in [6, 6.07) is 37.5. The Labute approximate surface area is 374 Å². The monoisotopic (exact) mass is 896 g/mol. The van der Waals surface area contributed by atoms with Crippen molar-refractivity contribution in [1.82, 2.24) is 0 Å². The first kappa shape index (κ1) is 47.8. The van der Waals surface area contributed by atoms with Crippen LogP contribution in [0.25, 0.3) is 0 Å². The van der Waals surface area contributed by atoms with Gasteiger partial charge in [-0.05, 0) is 104 Å². The van der Waals surface area contributed by atoms with E-state index in [0.29, 0.717) is 34.9 Å². The minimum absolute atomic E-state index is 0.0470. The summed E-state index contributed by atoms with van der Waals surface area (Å²) in [5.41, 5.74) is 11.6. The zero-order valence-electron chi connectivity index (χ0n) is 36.1. The van der Waals surface area contributed by atoms with Crippen LogP contribution in [-0.2, 0) is 45.9 Å². The van der Waals surface area contributed by atoms with Crippen LogP contribution in [0.15, 0.2) is 152 Å². The molecule has 6 aromatic rings. The summed E-state index contributed by atoms with van der Waals surface area (Å²) in [7, 11) is 0. The van der Waals surface area contributed by atoms with Crippen LogP contribution in [0, 0.1) is 6.92 Å². The van der Waals surface area contributed by atoms with Gasteiger partial charge in [-0.1, -0.05) is 103 Å². The maximum absolute atomic E-state index is 16.1. The average Bonchev–Trinajstić information content (AvgIpc) is 3.30. The third-order valence-corrected chi connectivity index (χ3v) is 11.2. The van der Waals surface area contributed by atoms with Crippen molar-refractivity contribution in [3.05, 3.63) is 191 Å². The second-order valence-electron chi connectivity index (χ2n) is 15.5. The zero-order valence-corrected chi connectivity index (χ0v) is 36.1. The number of aryl methyl sites for hydroxylation is 1. The molecule has 0 aliphatic heterocycles. The van der Waals surface area contributed by atoms with Crippen LogP contribution in [0.4, 0.5) is 37.7 Å². The Hall–Kier alpha value is -6.64. The summed E-state index contributed by atoms with van der Waals surface area (Å²) in [5.74, 6) is -0.949. The lowest BCUT2D eigenvalue weighted by Crippen LogP contribution is -2.74. The Bertz CT molecular complexity index is 2520. The van der Waals surface area contributed by atoms with Crippen LogP contribution in [-0.4, -0.2) is 38.1 Å². The van der Waals surface area contributed by atoms with Gasteiger partial charge in [0.05, 0.1) is 24.3 Å². The van der Waals surface area contributed by atoms with Crippen molar-refractivity contribution in [2.24, 2.45) is 11.5 Å². The molecule has 14 heteroatoms. The minimum Gasteiger partial charge on any atom is -0.490 e. The van der Waals surface area contributed by atoms with E-state index in [1.807, 2.05) is 6.92 Å². The molecule has 65 heavy (non-hydrogen) atoms. The Morgan fingerprint density at radius 3 is 1.28 bits per heavy atom. The van der Waals surface area contributed by atoms with Crippen molar-refractivity contribution in [2.75, 3.05) is 36.1 Å². The second-order valence-corrected chi connectivity index (χ2v) is 15.5. The number of nitrogens with zero attached hydrogens (tertiary/aromatic N) is 2. The van der Waals surface area contributed by atoms with E-state index in [2.05, 4.69) is 0 Å². The largest absolute Gasteiger partial charge is 0.490 e. The highest BCUT2D eigenvalue weighted by molar-refractivity contribution is 6.11. The zero-order chi connectivity index (χ0) is 47.0. The fourth-order valence-electron chi connectivity index (χ4n) is 7.70. The predicted molar refractivity (Wildman–Crippen MR) is 240 cm³/mol. The van der Waals surface area contributed by atoms with Crippen LogP contribution in [0.1, 0.15) is 52.8 Å². The van der Waals surface area contributed by atoms with Crippen LogP contribution in [0.5, 0.6) is 11.5 Å². The molecular weight excluding hydrogens is 847 g/mol. The predicted octanol–water partition coefficient (Wildman–Crippen LogP) is 10.4. The van der Waals surface area contributed by atoms with Gasteiger partial charge in [0.1, 0.15) is 0 Å². The minimum atomic E-state index is -4.56. The summed E-state index contributed by atoms with van der Waals surface area (Å²) < 4.78 is 92.9. The SMILES string of the molecule is CCOc1ccc(N(CCc2ccc(C(F)(F)F)cc2)C(=O)C(N)(c2ccccc2)C(N)(C(=O)N(CCc2ccc(C(F)(F)F)cc2)c2ccc(C)cc2)c2ccccc2)cc1OCC. The van der Waals surface area contributed by atoms with Gasteiger partial charge in [-0.15, -0.1) is 0 Å². The molecule has 0 aliphatic carbocycles. The molecular formula is C51H50F6N4O4. The van der Waals surface area contributed by atoms with Crippen molar-refractivity contribution in [1.29, 1.82) is 0 Å². The molecule has 6 aromatic carbocycles. The van der Waals surface area contributed by atoms with E-state index in [0.717, 1.165) is 29.8 Å². The Balaban J connectivity index is 1.55. The lowest BCUT2D eigenvalue weighted by molar-refractivity contribution is -0.138. The number of rotatable bonds is 17. The van der Waals surface area contributed by atoms with Crippen molar-refractivity contribution < 1.29 is 45.4 Å². The molecule has 0 saturated carbocycles. The third kappa shape index (κ3) is 10.5. The normalized spacial score (nSPS) is 13.6. The fourth-order valence-corrected chi connectivity index (χ4v) is 7.70. The van der Waals surface area contributed by atoms with E-state index in [9.17, 15) is 26.3 Å². The number of hydrogen-bond acceptors (Lipinski definition) is 6. The molecule has 0 spiro atoms. The number of carbonyl (C=O) groups is 2. The number of ether oxygens (including phenoxy) is 2. The Morgan fingerprint density at radius 1 is 0.492 bits per heavy atom. The first-order valence-electron chi connectivity index (χ1n) is 21.0. The van der Waals surface area contributed by atoms with E-state index in [1.165, 1.54) is 34.1 Å². The maximum Gasteiger partial charge on any atom is 0.416 e. The first-order chi connectivity index (χ1) is 30.9. The van der Waals surface area contributed by atoms with Gasteiger partial charge in [-0.2, -0.15) is 26.3 Å². The highest BCUT2D eigenvalue weighted by Crippen LogP contribution is 2.43. The van der Waals surface area contributed by atoms with Crippen molar-refractivity contribution in [3.63, 3.8) is 0 Å². The molecule has 0 bridgehead atoms. The van der Waals surface area contributed by atoms with Gasteiger partial charge in [0.2, 0.25) is 0 Å². The molecule has 0 aliphatic rings. The Morgan fingerprint density at radius 2 is 0.877 bits per heavy atom. The molecule has 0 heterocycles. The summed E-state index contributed by atoms with van der Waals surface area (Å²) in [5, 5.41) is 0. The molecule has 2 unspecified atom stereocenters. The van der Waals surface area contributed by atoms with Crippen LogP contribution in [0.3, 0.4) is 0 Å². The number of hydrogen-bond donors (Lipinski definition) is 2. The van der Waals surface area contributed by atoms with Crippen molar-refractivity contribution in [2.45, 2.75) is 57.0 Å². The topological polar surface area (TPSA) is 111 Å². The number of anilines is 2. The molecule has 2 amide bonds. The maximum atomic E-state index is 16.1. The molecule has 2 atom stereocenters. The standard InChI is InChI=1S/C51H50F6N4O4/c1-4-64-44-29-28-43(34-45(44)65-5-2)61(33-31-37-20-24-41(25-21-37)51(55,56)57)47(63)49(59,39-14-10-7-11-15-39)48(58,38-12-8-6-9-13-38)46(62)60(42-26-16-35(3)17-27-42)32-30-36-18-22-40(23-19-36)50(52,53)54/h6-29,34H,4-5,30-33,58-59H2,1-3H3. The lowest BCUT2D eigenvalue weighted by Gasteiger charge is -2.48. The smallest absolute Gasteiger partial charge is 0.416 e. The first-order valence-corrected chi connectivity index (χ1v) is 21.0. The van der Waals surface area contributed by atoms with Crippen molar-refractivity contribution in [3.8, 4) is 11.5 Å². The highest BCUT2D eigenvalue weighted by Gasteiger charge is 2.61. The summed E-state index contributed by atoms with van der Waals surface area (Å²) >= 11 is 0. The van der Waals surface area contributed by atoms with Gasteiger partial charge < -0.3 is 30.7 Å². The third-order valence-electron chi connectivity index (χ3n) is 11.2. The Kier molecular flexibility index (Phi) is 14.7. The summed E-state index contributed by atoms with van der Waals surface area (Å²) in [4.78, 5) is 34.8. The average molecular weight is 897 g/mol. The summed E-state index contributed by atoms with van der Waals surface area (Å²) in [6.07, 6.45) is -8.98. The molecule has 0 saturated heterocycles. The van der Waals surface area contributed by atoms with Crippen LogP contribution >= 0.6 is 0 Å². The van der Waals surface area contributed by atoms with Gasteiger partial charge in [0.15, 0.2) is 22.6 Å². The van der Waals surface area contributed by atoms with E-state index in [1.54, 1.807) is 117 Å². The van der Waals surface area contributed by atoms with Gasteiger partial charge in [0, 0.05) is 30.5 Å². The van der Waals surface area contributed by atoms with Gasteiger partial charge in [-0.3, -0.25) is 9.59 Å². The van der Waals surface area contributed by atoms with Crippen LogP contribution < -0.4 is 30.7 Å². The highest BCUT2D eigenvalue weighted by atomic mass is 19.4. The quantitative estimate of drug-likeness (QED) is 0.0883. The second kappa shape index (κ2) is 20.0. The van der Waals surface area contributed by atoms with Gasteiger partial charge in [0.25, 0.3) is 11.8 Å². The molecule has 0 fully saturated rings. The fraction of sp³-hybridized carbons (Fsp3) is 0.255. The van der Waals surface area contributed by atoms with E-state index in [-0.39, 0.29) is 49.4 Å².